The number of ether oxygens (including phenoxy) is 1. The van der Waals surface area contributed by atoms with Crippen LogP contribution in [0.1, 0.15) is 52.8 Å². The highest BCUT2D eigenvalue weighted by Crippen LogP contribution is 2.19. The molecule has 1 unspecified atom stereocenters. The van der Waals surface area contributed by atoms with Crippen molar-refractivity contribution in [3.05, 3.63) is 71.2 Å². The van der Waals surface area contributed by atoms with Crippen molar-refractivity contribution in [1.29, 1.82) is 0 Å². The maximum atomic E-state index is 12.4. The smallest absolute Gasteiger partial charge is 0.287 e. The van der Waals surface area contributed by atoms with Gasteiger partial charge in [0, 0.05) is 33.2 Å². The lowest BCUT2D eigenvalue weighted by atomic mass is 9.98. The van der Waals surface area contributed by atoms with Crippen LogP contribution in [0.3, 0.4) is 0 Å². The topological polar surface area (TPSA) is 85.4 Å². The summed E-state index contributed by atoms with van der Waals surface area (Å²) in [4.78, 5) is 14.9. The zero-order valence-corrected chi connectivity index (χ0v) is 18.8. The summed E-state index contributed by atoms with van der Waals surface area (Å²) in [5, 5.41) is 11.6. The van der Waals surface area contributed by atoms with Gasteiger partial charge in [-0.2, -0.15) is 0 Å². The largest absolute Gasteiger partial charge is 0.453 e. The predicted molar refractivity (Wildman–Crippen MR) is 120 cm³/mol. The van der Waals surface area contributed by atoms with Gasteiger partial charge in [-0.1, -0.05) is 37.3 Å². The van der Waals surface area contributed by atoms with E-state index in [9.17, 15) is 4.79 Å². The number of amides is 1. The number of benzene rings is 1. The third kappa shape index (κ3) is 5.44. The fourth-order valence-corrected chi connectivity index (χ4v) is 4.07. The van der Waals surface area contributed by atoms with Crippen molar-refractivity contribution in [2.45, 2.75) is 45.4 Å². The Morgan fingerprint density at radius 2 is 2.00 bits per heavy atom. The molecule has 1 atom stereocenters. The SMILES string of the molecule is COCc1ccc(C(=O)NCc2nnc3n2CCN(CCC(C)c2ccccc2)CC3)o1. The summed E-state index contributed by atoms with van der Waals surface area (Å²) in [6, 6.07) is 14.1. The molecule has 8 nitrogen and oxygen atoms in total. The molecule has 0 saturated carbocycles. The first kappa shape index (κ1) is 22.2. The molecule has 0 radical (unpaired) electrons. The molecule has 170 valence electrons. The van der Waals surface area contributed by atoms with E-state index in [0.29, 0.717) is 24.8 Å². The quantitative estimate of drug-likeness (QED) is 0.554. The standard InChI is InChI=1S/C24H31N5O3/c1-18(19-6-4-3-5-7-19)10-12-28-13-11-22-26-27-23(29(22)15-14-28)16-25-24(30)21-9-8-20(32-21)17-31-2/h3-9,18H,10-17H2,1-2H3,(H,25,30). The number of hydrogen-bond acceptors (Lipinski definition) is 6. The Morgan fingerprint density at radius 1 is 1.16 bits per heavy atom. The van der Waals surface area contributed by atoms with Crippen molar-refractivity contribution >= 4 is 5.91 Å². The second-order valence-electron chi connectivity index (χ2n) is 8.26. The van der Waals surface area contributed by atoms with Gasteiger partial charge in [0.25, 0.3) is 5.91 Å². The van der Waals surface area contributed by atoms with Gasteiger partial charge in [0.15, 0.2) is 11.6 Å². The summed E-state index contributed by atoms with van der Waals surface area (Å²) in [6.45, 7) is 6.75. The summed E-state index contributed by atoms with van der Waals surface area (Å²) in [5.41, 5.74) is 1.39. The van der Waals surface area contributed by atoms with E-state index in [4.69, 9.17) is 9.15 Å². The third-order valence-electron chi connectivity index (χ3n) is 6.02. The second kappa shape index (κ2) is 10.6. The van der Waals surface area contributed by atoms with E-state index in [2.05, 4.69) is 62.2 Å². The molecule has 1 aliphatic rings. The number of hydrogen-bond donors (Lipinski definition) is 1. The van der Waals surface area contributed by atoms with Crippen LogP contribution in [0.5, 0.6) is 0 Å². The average Bonchev–Trinajstić information content (AvgIpc) is 3.39. The highest BCUT2D eigenvalue weighted by Gasteiger charge is 2.20. The van der Waals surface area contributed by atoms with Crippen LogP contribution in [0, 0.1) is 0 Å². The first-order valence-electron chi connectivity index (χ1n) is 11.2. The molecule has 3 heterocycles. The van der Waals surface area contributed by atoms with Crippen molar-refractivity contribution in [3.8, 4) is 0 Å². The molecule has 1 aliphatic heterocycles. The Hall–Kier alpha value is -2.97. The van der Waals surface area contributed by atoms with Crippen LogP contribution < -0.4 is 5.32 Å². The van der Waals surface area contributed by atoms with Gasteiger partial charge in [0.05, 0.1) is 6.54 Å². The van der Waals surface area contributed by atoms with E-state index in [0.717, 1.165) is 50.7 Å². The molecule has 0 bridgehead atoms. The minimum absolute atomic E-state index is 0.269. The number of furan rings is 1. The van der Waals surface area contributed by atoms with Crippen molar-refractivity contribution in [3.63, 3.8) is 0 Å². The van der Waals surface area contributed by atoms with Gasteiger partial charge in [-0.3, -0.25) is 4.79 Å². The van der Waals surface area contributed by atoms with E-state index >= 15 is 0 Å². The summed E-state index contributed by atoms with van der Waals surface area (Å²) < 4.78 is 12.7. The van der Waals surface area contributed by atoms with E-state index < -0.39 is 0 Å². The zero-order valence-electron chi connectivity index (χ0n) is 18.8. The average molecular weight is 438 g/mol. The monoisotopic (exact) mass is 437 g/mol. The summed E-state index contributed by atoms with van der Waals surface area (Å²) in [7, 11) is 1.59. The van der Waals surface area contributed by atoms with Gasteiger partial charge in [-0.25, -0.2) is 0 Å². The first-order chi connectivity index (χ1) is 15.6. The Bertz CT molecular complexity index is 1010. The lowest BCUT2D eigenvalue weighted by Crippen LogP contribution is -2.29. The van der Waals surface area contributed by atoms with E-state index in [1.54, 1.807) is 19.2 Å². The lowest BCUT2D eigenvalue weighted by molar-refractivity contribution is 0.0913. The fraction of sp³-hybridized carbons (Fsp3) is 0.458. The Balaban J connectivity index is 1.28. The molecule has 0 spiro atoms. The molecule has 1 aromatic carbocycles. The summed E-state index contributed by atoms with van der Waals surface area (Å²) in [6.07, 6.45) is 1.99. The van der Waals surface area contributed by atoms with Gasteiger partial charge < -0.3 is 23.9 Å². The second-order valence-corrected chi connectivity index (χ2v) is 8.26. The van der Waals surface area contributed by atoms with Gasteiger partial charge in [-0.05, 0) is 36.6 Å². The summed E-state index contributed by atoms with van der Waals surface area (Å²) >= 11 is 0. The molecule has 2 aromatic heterocycles. The van der Waals surface area contributed by atoms with Gasteiger partial charge in [0.2, 0.25) is 0 Å². The molecule has 0 fully saturated rings. The van der Waals surface area contributed by atoms with Crippen LogP contribution in [0.25, 0.3) is 0 Å². The number of fused-ring (bicyclic) bond motifs is 1. The number of methoxy groups -OCH3 is 1. The third-order valence-corrected chi connectivity index (χ3v) is 6.02. The van der Waals surface area contributed by atoms with Crippen LogP contribution in [-0.2, 0) is 30.9 Å². The molecular formula is C24H31N5O3. The number of carbonyl (C=O) groups excluding carboxylic acids is 1. The van der Waals surface area contributed by atoms with Crippen LogP contribution >= 0.6 is 0 Å². The minimum Gasteiger partial charge on any atom is -0.453 e. The minimum atomic E-state index is -0.269. The highest BCUT2D eigenvalue weighted by molar-refractivity contribution is 5.91. The maximum Gasteiger partial charge on any atom is 0.287 e. The Morgan fingerprint density at radius 3 is 2.81 bits per heavy atom. The number of rotatable bonds is 9. The number of nitrogens with zero attached hydrogens (tertiary/aromatic N) is 4. The van der Waals surface area contributed by atoms with Crippen LogP contribution in [0.4, 0.5) is 0 Å². The molecular weight excluding hydrogens is 406 g/mol. The summed E-state index contributed by atoms with van der Waals surface area (Å²) in [5.74, 6) is 2.91. The highest BCUT2D eigenvalue weighted by atomic mass is 16.5. The molecule has 0 aliphatic carbocycles. The van der Waals surface area contributed by atoms with Gasteiger partial charge >= 0.3 is 0 Å². The molecule has 0 saturated heterocycles. The van der Waals surface area contributed by atoms with Crippen molar-refractivity contribution in [2.24, 2.45) is 0 Å². The van der Waals surface area contributed by atoms with Gasteiger partial charge in [-0.15, -0.1) is 10.2 Å². The molecule has 3 aromatic rings. The van der Waals surface area contributed by atoms with Crippen molar-refractivity contribution < 1.29 is 13.9 Å². The fourth-order valence-electron chi connectivity index (χ4n) is 4.07. The number of aromatic nitrogens is 3. The van der Waals surface area contributed by atoms with E-state index in [1.165, 1.54) is 5.56 Å². The molecule has 1 amide bonds. The zero-order chi connectivity index (χ0) is 22.3. The predicted octanol–water partition coefficient (Wildman–Crippen LogP) is 3.00. The van der Waals surface area contributed by atoms with E-state index in [-0.39, 0.29) is 11.7 Å². The Labute approximate surface area is 188 Å². The molecule has 4 rings (SSSR count). The molecule has 32 heavy (non-hydrogen) atoms. The lowest BCUT2D eigenvalue weighted by Gasteiger charge is -2.22. The van der Waals surface area contributed by atoms with Gasteiger partial charge in [0.1, 0.15) is 18.2 Å². The number of carbonyl (C=O) groups is 1. The number of nitrogens with one attached hydrogen (secondary N) is 1. The van der Waals surface area contributed by atoms with Crippen molar-refractivity contribution in [1.82, 2.24) is 25.0 Å². The van der Waals surface area contributed by atoms with Crippen LogP contribution in [0.2, 0.25) is 0 Å². The van der Waals surface area contributed by atoms with E-state index in [1.807, 2.05) is 0 Å². The Kier molecular flexibility index (Phi) is 7.34. The van der Waals surface area contributed by atoms with Crippen molar-refractivity contribution in [2.75, 3.05) is 26.7 Å². The first-order valence-corrected chi connectivity index (χ1v) is 11.2. The maximum absolute atomic E-state index is 12.4. The van der Waals surface area contributed by atoms with Crippen LogP contribution in [0.15, 0.2) is 46.9 Å². The van der Waals surface area contributed by atoms with Crippen LogP contribution in [-0.4, -0.2) is 52.3 Å². The molecule has 8 heteroatoms. The normalized spacial score (nSPS) is 15.2. The molecule has 1 N–H and O–H groups in total.